The molecule has 1 aliphatic heterocycles. The summed E-state index contributed by atoms with van der Waals surface area (Å²) in [5.74, 6) is 1.07. The predicted molar refractivity (Wildman–Crippen MR) is 84.9 cm³/mol. The molecule has 1 saturated heterocycles. The van der Waals surface area contributed by atoms with Gasteiger partial charge >= 0.3 is 0 Å². The fourth-order valence-electron chi connectivity index (χ4n) is 2.94. The zero-order valence-corrected chi connectivity index (χ0v) is 13.6. The number of hydrogen-bond acceptors (Lipinski definition) is 5. The molecule has 6 nitrogen and oxygen atoms in total. The average Bonchev–Trinajstić information content (AvgIpc) is 2.98. The van der Waals surface area contributed by atoms with Crippen molar-refractivity contribution in [3.63, 3.8) is 0 Å². The van der Waals surface area contributed by atoms with Gasteiger partial charge in [0.2, 0.25) is 0 Å². The third-order valence-electron chi connectivity index (χ3n) is 4.08. The van der Waals surface area contributed by atoms with Crippen LogP contribution in [0.25, 0.3) is 0 Å². The molecule has 0 spiro atoms. The monoisotopic (exact) mass is 320 g/mol. The Morgan fingerprint density at radius 2 is 2.14 bits per heavy atom. The lowest BCUT2D eigenvalue weighted by atomic mass is 9.95. The van der Waals surface area contributed by atoms with Gasteiger partial charge in [-0.3, -0.25) is 5.10 Å². The number of sulfone groups is 1. The molecule has 22 heavy (non-hydrogen) atoms. The van der Waals surface area contributed by atoms with Gasteiger partial charge in [0, 0.05) is 31.5 Å². The Hall–Kier alpha value is -1.89. The molecule has 1 N–H and O–H groups in total. The van der Waals surface area contributed by atoms with E-state index in [1.807, 2.05) is 25.3 Å². The molecule has 0 radical (unpaired) electrons. The summed E-state index contributed by atoms with van der Waals surface area (Å²) in [5, 5.41) is 6.82. The van der Waals surface area contributed by atoms with Crippen LogP contribution in [0.5, 0.6) is 0 Å². The van der Waals surface area contributed by atoms with E-state index in [4.69, 9.17) is 0 Å². The van der Waals surface area contributed by atoms with E-state index in [1.165, 1.54) is 12.5 Å². The van der Waals surface area contributed by atoms with Gasteiger partial charge in [0.25, 0.3) is 0 Å². The van der Waals surface area contributed by atoms with Gasteiger partial charge < -0.3 is 4.90 Å². The third kappa shape index (κ3) is 2.99. The molecule has 0 bridgehead atoms. The first-order valence-electron chi connectivity index (χ1n) is 7.36. The van der Waals surface area contributed by atoms with Crippen LogP contribution in [0.15, 0.2) is 29.4 Å². The number of pyridine rings is 1. The van der Waals surface area contributed by atoms with Gasteiger partial charge in [0.05, 0.1) is 11.9 Å². The number of nitrogens with one attached hydrogen (secondary N) is 1. The second-order valence-electron chi connectivity index (χ2n) is 5.90. The molecular weight excluding hydrogens is 300 g/mol. The minimum atomic E-state index is -3.26. The number of piperidine rings is 1. The van der Waals surface area contributed by atoms with Crippen LogP contribution >= 0.6 is 0 Å². The van der Waals surface area contributed by atoms with Gasteiger partial charge in [-0.1, -0.05) is 6.07 Å². The minimum absolute atomic E-state index is 0.129. The van der Waals surface area contributed by atoms with Gasteiger partial charge in [-0.05, 0) is 31.4 Å². The van der Waals surface area contributed by atoms with Crippen LogP contribution in [-0.4, -0.2) is 42.9 Å². The quantitative estimate of drug-likeness (QED) is 0.934. The summed E-state index contributed by atoms with van der Waals surface area (Å²) in [7, 11) is -3.26. The van der Waals surface area contributed by atoms with Gasteiger partial charge in [-0.25, -0.2) is 13.4 Å². The molecule has 118 valence electrons. The van der Waals surface area contributed by atoms with E-state index < -0.39 is 9.84 Å². The lowest BCUT2D eigenvalue weighted by Gasteiger charge is -2.33. The lowest BCUT2D eigenvalue weighted by molar-refractivity contribution is 0.491. The van der Waals surface area contributed by atoms with Gasteiger partial charge in [0.1, 0.15) is 10.7 Å². The van der Waals surface area contributed by atoms with E-state index in [1.54, 1.807) is 0 Å². The molecule has 7 heteroatoms. The van der Waals surface area contributed by atoms with Crippen molar-refractivity contribution in [3.8, 4) is 0 Å². The van der Waals surface area contributed by atoms with E-state index in [0.29, 0.717) is 4.90 Å². The minimum Gasteiger partial charge on any atom is -0.356 e. The van der Waals surface area contributed by atoms with Crippen molar-refractivity contribution in [3.05, 3.63) is 35.8 Å². The number of aromatic nitrogens is 3. The standard InChI is InChI=1S/C15H20N4O2S/c1-11-5-6-14(16-8-11)19-7-3-4-12(10-19)15-13(9-17-18-15)22(2,20)21/h5-6,8-9,12H,3-4,7,10H2,1-2H3,(H,17,18). The summed E-state index contributed by atoms with van der Waals surface area (Å²) < 4.78 is 23.7. The highest BCUT2D eigenvalue weighted by Crippen LogP contribution is 2.31. The van der Waals surface area contributed by atoms with Gasteiger partial charge in [0.15, 0.2) is 9.84 Å². The Balaban J connectivity index is 1.85. The third-order valence-corrected chi connectivity index (χ3v) is 5.21. The molecule has 1 unspecified atom stereocenters. The highest BCUT2D eigenvalue weighted by molar-refractivity contribution is 7.90. The van der Waals surface area contributed by atoms with Crippen LogP contribution < -0.4 is 4.90 Å². The fraction of sp³-hybridized carbons (Fsp3) is 0.467. The van der Waals surface area contributed by atoms with Crippen LogP contribution in [0, 0.1) is 6.92 Å². The Labute approximate surface area is 130 Å². The summed E-state index contributed by atoms with van der Waals surface area (Å²) in [4.78, 5) is 7.00. The number of aryl methyl sites for hydroxylation is 1. The van der Waals surface area contributed by atoms with E-state index in [9.17, 15) is 8.42 Å². The molecule has 2 aromatic rings. The maximum atomic E-state index is 11.9. The van der Waals surface area contributed by atoms with Crippen LogP contribution in [0.4, 0.5) is 5.82 Å². The SMILES string of the molecule is Cc1ccc(N2CCCC(c3[nH]ncc3S(C)(=O)=O)C2)nc1. The van der Waals surface area contributed by atoms with E-state index in [0.717, 1.165) is 43.0 Å². The predicted octanol–water partition coefficient (Wildman–Crippen LogP) is 1.90. The first-order chi connectivity index (χ1) is 10.4. The number of rotatable bonds is 3. The fourth-order valence-corrected chi connectivity index (χ4v) is 3.80. The molecule has 0 aromatic carbocycles. The van der Waals surface area contributed by atoms with Crippen molar-refractivity contribution < 1.29 is 8.42 Å². The van der Waals surface area contributed by atoms with Crippen molar-refractivity contribution in [2.24, 2.45) is 0 Å². The summed E-state index contributed by atoms with van der Waals surface area (Å²) in [6.45, 7) is 3.70. The summed E-state index contributed by atoms with van der Waals surface area (Å²) >= 11 is 0. The van der Waals surface area contributed by atoms with Gasteiger partial charge in [-0.2, -0.15) is 5.10 Å². The Kier molecular flexibility index (Phi) is 3.90. The Bertz CT molecular complexity index is 752. The molecule has 1 atom stereocenters. The molecule has 3 rings (SSSR count). The number of nitrogens with zero attached hydrogens (tertiary/aromatic N) is 3. The van der Waals surface area contributed by atoms with Crippen molar-refractivity contribution in [2.75, 3.05) is 24.2 Å². The van der Waals surface area contributed by atoms with Crippen molar-refractivity contribution >= 4 is 15.7 Å². The molecule has 0 amide bonds. The normalized spacial score (nSPS) is 19.4. The van der Waals surface area contributed by atoms with Crippen molar-refractivity contribution in [2.45, 2.75) is 30.6 Å². The highest BCUT2D eigenvalue weighted by atomic mass is 32.2. The van der Waals surface area contributed by atoms with E-state index in [-0.39, 0.29) is 5.92 Å². The Morgan fingerprint density at radius 3 is 2.82 bits per heavy atom. The summed E-state index contributed by atoms with van der Waals surface area (Å²) in [6, 6.07) is 4.06. The van der Waals surface area contributed by atoms with Crippen molar-refractivity contribution in [1.29, 1.82) is 0 Å². The average molecular weight is 320 g/mol. The number of H-pyrrole nitrogens is 1. The zero-order chi connectivity index (χ0) is 15.7. The maximum absolute atomic E-state index is 11.9. The second kappa shape index (κ2) is 5.72. The van der Waals surface area contributed by atoms with Crippen LogP contribution in [0.3, 0.4) is 0 Å². The number of anilines is 1. The maximum Gasteiger partial charge on any atom is 0.178 e. The smallest absolute Gasteiger partial charge is 0.178 e. The lowest BCUT2D eigenvalue weighted by Crippen LogP contribution is -2.35. The largest absolute Gasteiger partial charge is 0.356 e. The molecule has 1 fully saturated rings. The topological polar surface area (TPSA) is 79.0 Å². The first-order valence-corrected chi connectivity index (χ1v) is 9.25. The Morgan fingerprint density at radius 1 is 1.32 bits per heavy atom. The summed E-state index contributed by atoms with van der Waals surface area (Å²) in [5.41, 5.74) is 1.85. The van der Waals surface area contributed by atoms with Crippen LogP contribution in [0.2, 0.25) is 0 Å². The van der Waals surface area contributed by atoms with Crippen LogP contribution in [0.1, 0.15) is 30.0 Å². The van der Waals surface area contributed by atoms with Gasteiger partial charge in [-0.15, -0.1) is 0 Å². The second-order valence-corrected chi connectivity index (χ2v) is 7.88. The molecule has 1 aliphatic rings. The van der Waals surface area contributed by atoms with Crippen LogP contribution in [-0.2, 0) is 9.84 Å². The molecule has 3 heterocycles. The molecule has 0 saturated carbocycles. The first kappa shape index (κ1) is 15.0. The van der Waals surface area contributed by atoms with E-state index >= 15 is 0 Å². The highest BCUT2D eigenvalue weighted by Gasteiger charge is 2.28. The molecule has 2 aromatic heterocycles. The summed E-state index contributed by atoms with van der Waals surface area (Å²) in [6.07, 6.45) is 6.45. The molecule has 0 aliphatic carbocycles. The number of aromatic amines is 1. The molecular formula is C15H20N4O2S. The zero-order valence-electron chi connectivity index (χ0n) is 12.8. The van der Waals surface area contributed by atoms with Crippen molar-refractivity contribution in [1.82, 2.24) is 15.2 Å². The number of hydrogen-bond donors (Lipinski definition) is 1. The van der Waals surface area contributed by atoms with E-state index in [2.05, 4.69) is 20.1 Å².